The van der Waals surface area contributed by atoms with E-state index in [0.717, 1.165) is 24.1 Å². The first-order valence-corrected chi connectivity index (χ1v) is 8.61. The van der Waals surface area contributed by atoms with Gasteiger partial charge in [-0.3, -0.25) is 9.78 Å². The molecule has 0 bridgehead atoms. The first-order chi connectivity index (χ1) is 12.8. The maximum Gasteiger partial charge on any atom is 0.270 e. The molecule has 0 aliphatic carbocycles. The van der Waals surface area contributed by atoms with E-state index >= 15 is 0 Å². The molecule has 1 amide bonds. The van der Waals surface area contributed by atoms with Crippen LogP contribution in [-0.4, -0.2) is 27.4 Å². The molecule has 0 atom stereocenters. The van der Waals surface area contributed by atoms with Gasteiger partial charge in [0.25, 0.3) is 5.91 Å². The molecule has 0 saturated heterocycles. The molecule has 3 rings (SSSR count). The fraction of sp³-hybridized carbons (Fsp3) is 0.200. The molecule has 0 saturated carbocycles. The van der Waals surface area contributed by atoms with Gasteiger partial charge in [0.05, 0.1) is 0 Å². The Morgan fingerprint density at radius 2 is 1.81 bits per heavy atom. The summed E-state index contributed by atoms with van der Waals surface area (Å²) in [5.41, 5.74) is 2.19. The summed E-state index contributed by atoms with van der Waals surface area (Å²) in [5, 5.41) is 6.13. The van der Waals surface area contributed by atoms with Gasteiger partial charge in [0.1, 0.15) is 11.5 Å². The summed E-state index contributed by atoms with van der Waals surface area (Å²) < 4.78 is 0. The van der Waals surface area contributed by atoms with Gasteiger partial charge in [-0.1, -0.05) is 37.3 Å². The summed E-state index contributed by atoms with van der Waals surface area (Å²) in [5.74, 6) is 0.941. The van der Waals surface area contributed by atoms with E-state index < -0.39 is 0 Å². The van der Waals surface area contributed by atoms with Crippen LogP contribution in [0, 0.1) is 0 Å². The van der Waals surface area contributed by atoms with E-state index in [2.05, 4.69) is 32.5 Å². The number of benzene rings is 1. The number of nitrogens with zero attached hydrogens (tertiary/aromatic N) is 3. The Balaban J connectivity index is 1.83. The summed E-state index contributed by atoms with van der Waals surface area (Å²) in [6.45, 7) is 3.28. The minimum atomic E-state index is -0.235. The zero-order chi connectivity index (χ0) is 18.2. The van der Waals surface area contributed by atoms with Crippen molar-refractivity contribution in [1.82, 2.24) is 20.3 Å². The lowest BCUT2D eigenvalue weighted by molar-refractivity contribution is 0.0946. The Bertz CT molecular complexity index is 853. The van der Waals surface area contributed by atoms with E-state index in [0.29, 0.717) is 23.9 Å². The standard InChI is InChI=1S/C20H21N5O/c1-2-10-22-18-13-17(20(26)23-14-15-8-11-21-12-9-15)24-19(25-18)16-6-4-3-5-7-16/h3-9,11-13H,2,10,14H2,1H3,(H,23,26)(H,22,24,25). The van der Waals surface area contributed by atoms with Crippen molar-refractivity contribution in [2.24, 2.45) is 0 Å². The molecule has 6 heteroatoms. The van der Waals surface area contributed by atoms with Crippen molar-refractivity contribution < 1.29 is 4.79 Å². The van der Waals surface area contributed by atoms with Gasteiger partial charge in [-0.05, 0) is 24.1 Å². The number of carbonyl (C=O) groups is 1. The third-order valence-electron chi connectivity index (χ3n) is 3.75. The van der Waals surface area contributed by atoms with Crippen LogP contribution in [-0.2, 0) is 6.54 Å². The molecule has 2 heterocycles. The van der Waals surface area contributed by atoms with Crippen molar-refractivity contribution in [2.75, 3.05) is 11.9 Å². The minimum absolute atomic E-state index is 0.235. The number of pyridine rings is 1. The molecular formula is C20H21N5O. The van der Waals surface area contributed by atoms with Gasteiger partial charge in [-0.25, -0.2) is 9.97 Å². The Hall–Kier alpha value is -3.28. The highest BCUT2D eigenvalue weighted by Crippen LogP contribution is 2.18. The molecule has 0 radical (unpaired) electrons. The molecule has 2 aromatic heterocycles. The number of amides is 1. The maximum atomic E-state index is 12.6. The summed E-state index contributed by atoms with van der Waals surface area (Å²) in [6, 6.07) is 15.1. The van der Waals surface area contributed by atoms with Gasteiger partial charge in [-0.15, -0.1) is 0 Å². The summed E-state index contributed by atoms with van der Waals surface area (Å²) in [7, 11) is 0. The van der Waals surface area contributed by atoms with Crippen LogP contribution < -0.4 is 10.6 Å². The highest BCUT2D eigenvalue weighted by molar-refractivity contribution is 5.93. The van der Waals surface area contributed by atoms with Gasteiger partial charge in [0, 0.05) is 37.1 Å². The molecule has 0 fully saturated rings. The Labute approximate surface area is 152 Å². The third kappa shape index (κ3) is 4.63. The van der Waals surface area contributed by atoms with Gasteiger partial charge in [0.2, 0.25) is 0 Å². The third-order valence-corrected chi connectivity index (χ3v) is 3.75. The zero-order valence-electron chi connectivity index (χ0n) is 14.6. The highest BCUT2D eigenvalue weighted by atomic mass is 16.1. The fourth-order valence-corrected chi connectivity index (χ4v) is 2.40. The van der Waals surface area contributed by atoms with E-state index in [-0.39, 0.29) is 5.91 Å². The van der Waals surface area contributed by atoms with Crippen LogP contribution in [0.4, 0.5) is 5.82 Å². The van der Waals surface area contributed by atoms with E-state index in [9.17, 15) is 4.79 Å². The Morgan fingerprint density at radius 3 is 2.54 bits per heavy atom. The van der Waals surface area contributed by atoms with Crippen LogP contribution in [0.5, 0.6) is 0 Å². The number of anilines is 1. The maximum absolute atomic E-state index is 12.6. The summed E-state index contributed by atoms with van der Waals surface area (Å²) in [4.78, 5) is 25.5. The second-order valence-electron chi connectivity index (χ2n) is 5.79. The Morgan fingerprint density at radius 1 is 1.04 bits per heavy atom. The molecular weight excluding hydrogens is 326 g/mol. The molecule has 3 aromatic rings. The topological polar surface area (TPSA) is 79.8 Å². The molecule has 0 unspecified atom stereocenters. The van der Waals surface area contributed by atoms with E-state index in [1.807, 2.05) is 42.5 Å². The van der Waals surface area contributed by atoms with Crippen LogP contribution in [0.1, 0.15) is 29.4 Å². The predicted octanol–water partition coefficient (Wildman–Crippen LogP) is 3.29. The summed E-state index contributed by atoms with van der Waals surface area (Å²) in [6.07, 6.45) is 4.37. The number of hydrogen-bond acceptors (Lipinski definition) is 5. The molecule has 6 nitrogen and oxygen atoms in total. The minimum Gasteiger partial charge on any atom is -0.370 e. The SMILES string of the molecule is CCCNc1cc(C(=O)NCc2ccncc2)nc(-c2ccccc2)n1. The quantitative estimate of drug-likeness (QED) is 0.685. The molecule has 1 aromatic carbocycles. The molecule has 0 aliphatic rings. The lowest BCUT2D eigenvalue weighted by Gasteiger charge is -2.10. The lowest BCUT2D eigenvalue weighted by atomic mass is 10.2. The molecule has 0 spiro atoms. The first kappa shape index (κ1) is 17.5. The van der Waals surface area contributed by atoms with Gasteiger partial charge in [-0.2, -0.15) is 0 Å². The Kier molecular flexibility index (Phi) is 5.88. The zero-order valence-corrected chi connectivity index (χ0v) is 14.6. The predicted molar refractivity (Wildman–Crippen MR) is 102 cm³/mol. The van der Waals surface area contributed by atoms with Gasteiger partial charge in [0.15, 0.2) is 5.82 Å². The smallest absolute Gasteiger partial charge is 0.270 e. The van der Waals surface area contributed by atoms with E-state index in [4.69, 9.17) is 0 Å². The van der Waals surface area contributed by atoms with Crippen LogP contribution in [0.15, 0.2) is 60.9 Å². The lowest BCUT2D eigenvalue weighted by Crippen LogP contribution is -2.24. The van der Waals surface area contributed by atoms with Crippen molar-refractivity contribution >= 4 is 11.7 Å². The average Bonchev–Trinajstić information content (AvgIpc) is 2.71. The van der Waals surface area contributed by atoms with Gasteiger partial charge >= 0.3 is 0 Å². The van der Waals surface area contributed by atoms with Crippen LogP contribution in [0.25, 0.3) is 11.4 Å². The number of nitrogens with one attached hydrogen (secondary N) is 2. The first-order valence-electron chi connectivity index (χ1n) is 8.61. The second kappa shape index (κ2) is 8.71. The molecule has 2 N–H and O–H groups in total. The van der Waals surface area contributed by atoms with E-state index in [1.165, 1.54) is 0 Å². The normalized spacial score (nSPS) is 10.3. The fourth-order valence-electron chi connectivity index (χ4n) is 2.40. The summed E-state index contributed by atoms with van der Waals surface area (Å²) >= 11 is 0. The van der Waals surface area contributed by atoms with Crippen molar-refractivity contribution in [3.63, 3.8) is 0 Å². The number of aromatic nitrogens is 3. The van der Waals surface area contributed by atoms with Crippen LogP contribution in [0.2, 0.25) is 0 Å². The molecule has 26 heavy (non-hydrogen) atoms. The number of rotatable bonds is 7. The molecule has 132 valence electrons. The van der Waals surface area contributed by atoms with Crippen molar-refractivity contribution in [3.8, 4) is 11.4 Å². The van der Waals surface area contributed by atoms with Crippen molar-refractivity contribution in [3.05, 3.63) is 72.2 Å². The highest BCUT2D eigenvalue weighted by Gasteiger charge is 2.13. The number of carbonyl (C=O) groups excluding carboxylic acids is 1. The monoisotopic (exact) mass is 347 g/mol. The van der Waals surface area contributed by atoms with Crippen LogP contribution >= 0.6 is 0 Å². The van der Waals surface area contributed by atoms with E-state index in [1.54, 1.807) is 18.5 Å². The average molecular weight is 347 g/mol. The molecule has 0 aliphatic heterocycles. The second-order valence-corrected chi connectivity index (χ2v) is 5.79. The van der Waals surface area contributed by atoms with Crippen molar-refractivity contribution in [2.45, 2.75) is 19.9 Å². The van der Waals surface area contributed by atoms with Crippen molar-refractivity contribution in [1.29, 1.82) is 0 Å². The van der Waals surface area contributed by atoms with Crippen LogP contribution in [0.3, 0.4) is 0 Å². The van der Waals surface area contributed by atoms with Gasteiger partial charge < -0.3 is 10.6 Å². The number of hydrogen-bond donors (Lipinski definition) is 2. The largest absolute Gasteiger partial charge is 0.370 e.